The van der Waals surface area contributed by atoms with Crippen LogP contribution in [0.5, 0.6) is 0 Å². The quantitative estimate of drug-likeness (QED) is 0.659. The van der Waals surface area contributed by atoms with Gasteiger partial charge in [0, 0.05) is 38.9 Å². The number of likely N-dealkylation sites (tertiary alicyclic amines) is 1. The van der Waals surface area contributed by atoms with Gasteiger partial charge in [-0.2, -0.15) is 0 Å². The molecule has 1 amide bonds. The number of para-hydroxylation sites is 1. The maximum Gasteiger partial charge on any atom is 0.255 e. The number of carbonyl (C=O) groups is 1. The van der Waals surface area contributed by atoms with E-state index in [0.29, 0.717) is 19.1 Å². The fourth-order valence-corrected chi connectivity index (χ4v) is 4.74. The van der Waals surface area contributed by atoms with Gasteiger partial charge in [-0.25, -0.2) is 4.39 Å². The molecule has 0 unspecified atom stereocenters. The van der Waals surface area contributed by atoms with Gasteiger partial charge in [0.05, 0.1) is 18.8 Å². The normalized spacial score (nSPS) is 18.0. The molecule has 0 N–H and O–H groups in total. The molecule has 2 aliphatic heterocycles. The molecule has 2 heterocycles. The lowest BCUT2D eigenvalue weighted by molar-refractivity contribution is 0.0739. The summed E-state index contributed by atoms with van der Waals surface area (Å²) in [5, 5.41) is 0. The topological polar surface area (TPSA) is 36.0 Å². The van der Waals surface area contributed by atoms with E-state index in [-0.39, 0.29) is 11.7 Å². The summed E-state index contributed by atoms with van der Waals surface area (Å²) in [6.07, 6.45) is 3.15. The number of nitrogens with zero attached hydrogens (tertiary/aromatic N) is 3. The largest absolute Gasteiger partial charge is 0.378 e. The third-order valence-corrected chi connectivity index (χ3v) is 6.70. The highest BCUT2D eigenvalue weighted by atomic mass is 19.1. The van der Waals surface area contributed by atoms with Gasteiger partial charge in [-0.05, 0) is 68.1 Å². The molecule has 0 aliphatic carbocycles. The maximum absolute atomic E-state index is 13.3. The van der Waals surface area contributed by atoms with E-state index in [0.717, 1.165) is 69.8 Å². The molecule has 6 heteroatoms. The molecule has 0 atom stereocenters. The zero-order valence-corrected chi connectivity index (χ0v) is 19.0. The summed E-state index contributed by atoms with van der Waals surface area (Å²) in [5.74, 6) is 0.452. The van der Waals surface area contributed by atoms with Crippen molar-refractivity contribution in [3.8, 4) is 0 Å². The second-order valence-electron chi connectivity index (χ2n) is 8.96. The minimum atomic E-state index is -0.180. The lowest BCUT2D eigenvalue weighted by Gasteiger charge is -2.34. The van der Waals surface area contributed by atoms with Crippen LogP contribution in [0.4, 0.5) is 10.1 Å². The highest BCUT2D eigenvalue weighted by Gasteiger charge is 2.25. The molecule has 32 heavy (non-hydrogen) atoms. The molecule has 2 fully saturated rings. The molecule has 5 nitrogen and oxygen atoms in total. The highest BCUT2D eigenvalue weighted by molar-refractivity contribution is 5.99. The van der Waals surface area contributed by atoms with Crippen molar-refractivity contribution in [2.24, 2.45) is 5.92 Å². The summed E-state index contributed by atoms with van der Waals surface area (Å²) >= 11 is 0. The molecular weight excluding hydrogens is 405 g/mol. The second kappa shape index (κ2) is 10.9. The van der Waals surface area contributed by atoms with Crippen molar-refractivity contribution in [2.45, 2.75) is 19.3 Å². The van der Waals surface area contributed by atoms with Gasteiger partial charge in [-0.3, -0.25) is 4.79 Å². The van der Waals surface area contributed by atoms with Crippen LogP contribution in [0.3, 0.4) is 0 Å². The van der Waals surface area contributed by atoms with Gasteiger partial charge >= 0.3 is 0 Å². The average molecular weight is 440 g/mol. The monoisotopic (exact) mass is 439 g/mol. The van der Waals surface area contributed by atoms with E-state index in [2.05, 4.69) is 9.80 Å². The average Bonchev–Trinajstić information content (AvgIpc) is 2.84. The number of morpholine rings is 1. The number of carbonyl (C=O) groups excluding carboxylic acids is 1. The summed E-state index contributed by atoms with van der Waals surface area (Å²) in [7, 11) is 1.93. The predicted molar refractivity (Wildman–Crippen MR) is 126 cm³/mol. The SMILES string of the molecule is CN(CC1CCN(CCc2ccc(F)cc2)CC1)C(=O)c1ccccc1N1CCOCC1. The first-order valence-electron chi connectivity index (χ1n) is 11.7. The Hall–Kier alpha value is -2.44. The Kier molecular flexibility index (Phi) is 7.76. The van der Waals surface area contributed by atoms with Crippen LogP contribution in [0, 0.1) is 11.7 Å². The molecule has 0 bridgehead atoms. The van der Waals surface area contributed by atoms with Crippen LogP contribution < -0.4 is 4.90 Å². The zero-order valence-electron chi connectivity index (χ0n) is 19.0. The number of rotatable bonds is 7. The standard InChI is InChI=1S/C26H34FN3O2/c1-28(26(31)24-4-2-3-5-25(24)30-16-18-32-19-17-30)20-22-11-14-29(15-12-22)13-10-21-6-8-23(27)9-7-21/h2-9,22H,10-20H2,1H3. The molecule has 2 saturated heterocycles. The van der Waals surface area contributed by atoms with E-state index in [1.165, 1.54) is 17.7 Å². The van der Waals surface area contributed by atoms with Crippen LogP contribution in [0.2, 0.25) is 0 Å². The second-order valence-corrected chi connectivity index (χ2v) is 8.96. The molecule has 0 radical (unpaired) electrons. The molecule has 4 rings (SSSR count). The summed E-state index contributed by atoms with van der Waals surface area (Å²) in [6.45, 7) is 6.96. The molecule has 2 aliphatic rings. The van der Waals surface area contributed by atoms with Gasteiger partial charge < -0.3 is 19.4 Å². The van der Waals surface area contributed by atoms with E-state index in [4.69, 9.17) is 4.74 Å². The maximum atomic E-state index is 13.3. The first-order chi connectivity index (χ1) is 15.6. The third kappa shape index (κ3) is 5.87. The van der Waals surface area contributed by atoms with Gasteiger partial charge in [-0.1, -0.05) is 24.3 Å². The molecule has 0 aromatic heterocycles. The summed E-state index contributed by atoms with van der Waals surface area (Å²) in [5.41, 5.74) is 2.98. The number of anilines is 1. The molecule has 2 aromatic rings. The van der Waals surface area contributed by atoms with E-state index in [9.17, 15) is 9.18 Å². The molecular formula is C26H34FN3O2. The smallest absolute Gasteiger partial charge is 0.255 e. The number of hydrogen-bond donors (Lipinski definition) is 0. The first kappa shape index (κ1) is 22.7. The Morgan fingerprint density at radius 3 is 2.44 bits per heavy atom. The van der Waals surface area contributed by atoms with Crippen LogP contribution in [-0.2, 0) is 11.2 Å². The molecule has 172 valence electrons. The van der Waals surface area contributed by atoms with E-state index in [1.807, 2.05) is 48.3 Å². The van der Waals surface area contributed by atoms with Gasteiger partial charge in [0.2, 0.25) is 0 Å². The van der Waals surface area contributed by atoms with Crippen molar-refractivity contribution in [3.05, 3.63) is 65.5 Å². The van der Waals surface area contributed by atoms with Crippen molar-refractivity contribution >= 4 is 11.6 Å². The number of piperidine rings is 1. The van der Waals surface area contributed by atoms with Crippen molar-refractivity contribution in [1.29, 1.82) is 0 Å². The summed E-state index contributed by atoms with van der Waals surface area (Å²) in [4.78, 5) is 19.9. The number of benzene rings is 2. The number of amides is 1. The van der Waals surface area contributed by atoms with Gasteiger partial charge in [-0.15, -0.1) is 0 Å². The van der Waals surface area contributed by atoms with Gasteiger partial charge in [0.25, 0.3) is 5.91 Å². The van der Waals surface area contributed by atoms with Gasteiger partial charge in [0.15, 0.2) is 0 Å². The van der Waals surface area contributed by atoms with Crippen LogP contribution >= 0.6 is 0 Å². The first-order valence-corrected chi connectivity index (χ1v) is 11.7. The highest BCUT2D eigenvalue weighted by Crippen LogP contribution is 2.24. The third-order valence-electron chi connectivity index (χ3n) is 6.70. The minimum Gasteiger partial charge on any atom is -0.378 e. The van der Waals surface area contributed by atoms with E-state index >= 15 is 0 Å². The lowest BCUT2D eigenvalue weighted by atomic mass is 9.95. The summed E-state index contributed by atoms with van der Waals surface area (Å²) in [6, 6.07) is 14.8. The number of halogens is 1. The van der Waals surface area contributed by atoms with Crippen molar-refractivity contribution in [1.82, 2.24) is 9.80 Å². The van der Waals surface area contributed by atoms with Crippen molar-refractivity contribution in [2.75, 3.05) is 64.4 Å². The fourth-order valence-electron chi connectivity index (χ4n) is 4.74. The fraction of sp³-hybridized carbons (Fsp3) is 0.500. The summed E-state index contributed by atoms with van der Waals surface area (Å²) < 4.78 is 18.5. The minimum absolute atomic E-state index is 0.103. The Balaban J connectivity index is 1.26. The van der Waals surface area contributed by atoms with Crippen LogP contribution in [-0.4, -0.2) is 75.2 Å². The van der Waals surface area contributed by atoms with Crippen LogP contribution in [0.25, 0.3) is 0 Å². The van der Waals surface area contributed by atoms with E-state index in [1.54, 1.807) is 0 Å². The predicted octanol–water partition coefficient (Wildman–Crippen LogP) is 3.69. The molecule has 2 aromatic carbocycles. The number of ether oxygens (including phenoxy) is 1. The molecule has 0 saturated carbocycles. The molecule has 0 spiro atoms. The Morgan fingerprint density at radius 2 is 1.72 bits per heavy atom. The van der Waals surface area contributed by atoms with Gasteiger partial charge in [0.1, 0.15) is 5.82 Å². The van der Waals surface area contributed by atoms with E-state index < -0.39 is 0 Å². The Labute approximate surface area is 190 Å². The van der Waals surface area contributed by atoms with Crippen LogP contribution in [0.15, 0.2) is 48.5 Å². The van der Waals surface area contributed by atoms with Crippen molar-refractivity contribution in [3.63, 3.8) is 0 Å². The zero-order chi connectivity index (χ0) is 22.3. The van der Waals surface area contributed by atoms with Crippen molar-refractivity contribution < 1.29 is 13.9 Å². The number of hydrogen-bond acceptors (Lipinski definition) is 4. The van der Waals surface area contributed by atoms with Crippen LogP contribution in [0.1, 0.15) is 28.8 Å². The Morgan fingerprint density at radius 1 is 1.03 bits per heavy atom. The Bertz CT molecular complexity index is 875. The lowest BCUT2D eigenvalue weighted by Crippen LogP contribution is -2.41.